The Kier molecular flexibility index (Phi) is 5.19. The van der Waals surface area contributed by atoms with Crippen LogP contribution >= 0.6 is 11.3 Å². The molecule has 198 valence electrons. The number of rotatable bonds is 2. The van der Waals surface area contributed by atoms with Crippen LogP contribution in [0.15, 0.2) is 103 Å². The van der Waals surface area contributed by atoms with Gasteiger partial charge < -0.3 is 0 Å². The first-order valence-corrected chi connectivity index (χ1v) is 15.3. The van der Waals surface area contributed by atoms with Gasteiger partial charge in [-0.05, 0) is 98.8 Å². The van der Waals surface area contributed by atoms with Crippen molar-refractivity contribution in [2.24, 2.45) is 0 Å². The lowest BCUT2D eigenvalue weighted by Crippen LogP contribution is -2.15. The van der Waals surface area contributed by atoms with E-state index in [9.17, 15) is 0 Å². The Labute approximate surface area is 245 Å². The largest absolute Gasteiger partial charge is 0.135 e. The van der Waals surface area contributed by atoms with Crippen LogP contribution in [0.3, 0.4) is 0 Å². The average Bonchev–Trinajstić information content (AvgIpc) is 3.43. The summed E-state index contributed by atoms with van der Waals surface area (Å²) in [6.07, 6.45) is 0. The van der Waals surface area contributed by atoms with Crippen LogP contribution in [0.25, 0.3) is 64.3 Å². The first kappa shape index (κ1) is 24.6. The summed E-state index contributed by atoms with van der Waals surface area (Å²) in [6, 6.07) is 39.1. The maximum atomic E-state index is 2.49. The lowest BCUT2D eigenvalue weighted by Gasteiger charge is -2.23. The van der Waals surface area contributed by atoms with E-state index in [2.05, 4.69) is 138 Å². The number of fused-ring (bicyclic) bond motifs is 7. The molecule has 6 aromatic carbocycles. The molecule has 0 atom stereocenters. The summed E-state index contributed by atoms with van der Waals surface area (Å²) >= 11 is 1.95. The highest BCUT2D eigenvalue weighted by Gasteiger charge is 2.39. The zero-order valence-corrected chi connectivity index (χ0v) is 25.0. The molecule has 1 aliphatic rings. The molecular formula is C40H32S. The molecule has 1 aliphatic carbocycles. The summed E-state index contributed by atoms with van der Waals surface area (Å²) in [7, 11) is 0. The van der Waals surface area contributed by atoms with Crippen LogP contribution in [0.5, 0.6) is 0 Å². The third-order valence-corrected chi connectivity index (χ3v) is 10.3. The minimum absolute atomic E-state index is 0.0582. The third kappa shape index (κ3) is 3.52. The van der Waals surface area contributed by atoms with E-state index < -0.39 is 0 Å². The summed E-state index contributed by atoms with van der Waals surface area (Å²) in [5.74, 6) is 0. The van der Waals surface area contributed by atoms with Crippen molar-refractivity contribution < 1.29 is 0 Å². The Balaban J connectivity index is 1.42. The summed E-state index contributed by atoms with van der Waals surface area (Å²) in [5, 5.41) is 6.67. The lowest BCUT2D eigenvalue weighted by molar-refractivity contribution is 0.667. The van der Waals surface area contributed by atoms with E-state index in [1.165, 1.54) is 92.1 Å². The first-order chi connectivity index (χ1) is 19.8. The molecule has 0 amide bonds. The monoisotopic (exact) mass is 544 g/mol. The van der Waals surface area contributed by atoms with Crippen molar-refractivity contribution in [2.45, 2.75) is 40.0 Å². The van der Waals surface area contributed by atoms with Gasteiger partial charge in [-0.3, -0.25) is 0 Å². The van der Waals surface area contributed by atoms with Gasteiger partial charge in [-0.1, -0.05) is 122 Å². The van der Waals surface area contributed by atoms with E-state index in [4.69, 9.17) is 0 Å². The second-order valence-electron chi connectivity index (χ2n) is 12.4. The Bertz CT molecular complexity index is 2130. The van der Waals surface area contributed by atoms with E-state index in [0.717, 1.165) is 0 Å². The van der Waals surface area contributed by atoms with Crippen LogP contribution in [0.2, 0.25) is 0 Å². The van der Waals surface area contributed by atoms with Crippen molar-refractivity contribution in [1.82, 2.24) is 0 Å². The van der Waals surface area contributed by atoms with Crippen LogP contribution in [0, 0.1) is 20.8 Å². The van der Waals surface area contributed by atoms with Gasteiger partial charge in [-0.25, -0.2) is 0 Å². The van der Waals surface area contributed by atoms with E-state index in [0.29, 0.717) is 0 Å². The molecule has 41 heavy (non-hydrogen) atoms. The smallest absolute Gasteiger partial charge is 0.0399 e. The van der Waals surface area contributed by atoms with E-state index in [-0.39, 0.29) is 5.41 Å². The van der Waals surface area contributed by atoms with Crippen molar-refractivity contribution in [1.29, 1.82) is 0 Å². The van der Waals surface area contributed by atoms with Gasteiger partial charge in [0, 0.05) is 15.0 Å². The molecule has 0 nitrogen and oxygen atoms in total. The van der Waals surface area contributed by atoms with Crippen molar-refractivity contribution in [2.75, 3.05) is 0 Å². The van der Waals surface area contributed by atoms with Crippen LogP contribution in [-0.4, -0.2) is 0 Å². The fourth-order valence-corrected chi connectivity index (χ4v) is 8.82. The molecule has 0 N–H and O–H groups in total. The number of hydrogen-bond donors (Lipinski definition) is 0. The zero-order valence-electron chi connectivity index (χ0n) is 24.2. The topological polar surface area (TPSA) is 0 Å². The third-order valence-electron chi connectivity index (χ3n) is 9.14. The number of aryl methyl sites for hydroxylation is 3. The van der Waals surface area contributed by atoms with Gasteiger partial charge in [0.25, 0.3) is 0 Å². The van der Waals surface area contributed by atoms with Gasteiger partial charge in [-0.2, -0.15) is 0 Å². The molecule has 0 unspecified atom stereocenters. The summed E-state index contributed by atoms with van der Waals surface area (Å²) < 4.78 is 1.39. The van der Waals surface area contributed by atoms with Crippen LogP contribution < -0.4 is 0 Å². The van der Waals surface area contributed by atoms with Gasteiger partial charge >= 0.3 is 0 Å². The second-order valence-corrected chi connectivity index (χ2v) is 13.5. The molecule has 1 heteroatoms. The molecule has 0 saturated heterocycles. The Morgan fingerprint density at radius 2 is 1.10 bits per heavy atom. The lowest BCUT2D eigenvalue weighted by atomic mass is 9.79. The molecule has 7 aromatic rings. The molecule has 0 bridgehead atoms. The minimum atomic E-state index is -0.0582. The summed E-state index contributed by atoms with van der Waals surface area (Å²) in [4.78, 5) is 1.44. The van der Waals surface area contributed by atoms with E-state index in [1.54, 1.807) is 0 Å². The Morgan fingerprint density at radius 1 is 0.512 bits per heavy atom. The highest BCUT2D eigenvalue weighted by molar-refractivity contribution is 7.22. The molecule has 8 rings (SSSR count). The Hall–Kier alpha value is -4.20. The summed E-state index contributed by atoms with van der Waals surface area (Å²) in [6.45, 7) is 11.4. The maximum Gasteiger partial charge on any atom is 0.0399 e. The zero-order chi connectivity index (χ0) is 28.0. The standard InChI is InChI=1S/C40H32S/c1-23-14-17-35-33(21-23)38-39(41-35)32-16-15-26(22-34(32)40(38,4)5)36-28-10-6-8-12-30(28)37(31-13-9-7-11-29(31)36)27-19-24(2)18-25(3)20-27/h6-22H,1-5H3. The number of benzene rings is 6. The molecule has 1 aromatic heterocycles. The highest BCUT2D eigenvalue weighted by Crippen LogP contribution is 2.56. The minimum Gasteiger partial charge on any atom is -0.135 e. The van der Waals surface area contributed by atoms with Crippen molar-refractivity contribution in [3.05, 3.63) is 131 Å². The molecular weight excluding hydrogens is 513 g/mol. The summed E-state index contributed by atoms with van der Waals surface area (Å²) in [5.41, 5.74) is 13.4. The van der Waals surface area contributed by atoms with Gasteiger partial charge in [0.15, 0.2) is 0 Å². The molecule has 1 heterocycles. The van der Waals surface area contributed by atoms with Gasteiger partial charge in [0.05, 0.1) is 0 Å². The SMILES string of the molecule is Cc1cc(C)cc(-c2c3ccccc3c(-c3ccc4c(c3)C(C)(C)c3c-4sc4ccc(C)cc34)c3ccccc23)c1. The van der Waals surface area contributed by atoms with Gasteiger partial charge in [0.1, 0.15) is 0 Å². The molecule has 0 radical (unpaired) electrons. The van der Waals surface area contributed by atoms with Crippen molar-refractivity contribution >= 4 is 43.0 Å². The fraction of sp³-hybridized carbons (Fsp3) is 0.150. The average molecular weight is 545 g/mol. The quantitative estimate of drug-likeness (QED) is 0.190. The van der Waals surface area contributed by atoms with Crippen LogP contribution in [0.4, 0.5) is 0 Å². The maximum absolute atomic E-state index is 2.49. The highest BCUT2D eigenvalue weighted by atomic mass is 32.1. The predicted octanol–water partition coefficient (Wildman–Crippen LogP) is 11.8. The van der Waals surface area contributed by atoms with Crippen molar-refractivity contribution in [3.8, 4) is 32.7 Å². The van der Waals surface area contributed by atoms with Crippen molar-refractivity contribution in [3.63, 3.8) is 0 Å². The van der Waals surface area contributed by atoms with Crippen LogP contribution in [0.1, 0.15) is 41.7 Å². The molecule has 0 fully saturated rings. The van der Waals surface area contributed by atoms with Crippen LogP contribution in [-0.2, 0) is 5.41 Å². The molecule has 0 aliphatic heterocycles. The normalized spacial score (nSPS) is 13.7. The van der Waals surface area contributed by atoms with Gasteiger partial charge in [0.2, 0.25) is 0 Å². The van der Waals surface area contributed by atoms with E-state index in [1.807, 2.05) is 11.3 Å². The molecule has 0 saturated carbocycles. The fourth-order valence-electron chi connectivity index (χ4n) is 7.44. The second kappa shape index (κ2) is 8.65. The molecule has 0 spiro atoms. The first-order valence-electron chi connectivity index (χ1n) is 14.5. The van der Waals surface area contributed by atoms with E-state index >= 15 is 0 Å². The van der Waals surface area contributed by atoms with Gasteiger partial charge in [-0.15, -0.1) is 11.3 Å². The number of thiophene rings is 1. The number of hydrogen-bond acceptors (Lipinski definition) is 1. The Morgan fingerprint density at radius 3 is 1.71 bits per heavy atom. The predicted molar refractivity (Wildman–Crippen MR) is 179 cm³/mol.